The predicted molar refractivity (Wildman–Crippen MR) is 83.3 cm³/mol. The van der Waals surface area contributed by atoms with Crippen LogP contribution in [-0.4, -0.2) is 22.9 Å². The van der Waals surface area contributed by atoms with Gasteiger partial charge in [-0.05, 0) is 30.4 Å². The zero-order valence-electron chi connectivity index (χ0n) is 13.7. The van der Waals surface area contributed by atoms with Gasteiger partial charge in [0, 0.05) is 6.42 Å². The van der Waals surface area contributed by atoms with Gasteiger partial charge in [-0.1, -0.05) is 27.2 Å². The van der Waals surface area contributed by atoms with Crippen LogP contribution >= 0.6 is 0 Å². The number of furan rings is 1. The Bertz CT molecular complexity index is 525. The van der Waals surface area contributed by atoms with Crippen molar-refractivity contribution < 1.29 is 23.9 Å². The first-order chi connectivity index (χ1) is 10.8. The van der Waals surface area contributed by atoms with Crippen molar-refractivity contribution in [2.45, 2.75) is 40.0 Å². The zero-order chi connectivity index (χ0) is 17.4. The van der Waals surface area contributed by atoms with Crippen molar-refractivity contribution in [1.29, 1.82) is 0 Å². The van der Waals surface area contributed by atoms with E-state index in [1.54, 1.807) is 13.0 Å². The molecule has 1 aromatic heterocycles. The fourth-order valence-electron chi connectivity index (χ4n) is 2.25. The van der Waals surface area contributed by atoms with Gasteiger partial charge in [-0.15, -0.1) is 0 Å². The Hall–Kier alpha value is -2.31. The molecule has 2 amide bonds. The molecule has 128 valence electrons. The number of carbonyl (C=O) groups excluding carboxylic acids is 2. The Morgan fingerprint density at radius 2 is 1.87 bits per heavy atom. The molecule has 7 heteroatoms. The van der Waals surface area contributed by atoms with E-state index in [4.69, 9.17) is 4.42 Å². The molecule has 3 N–H and O–H groups in total. The largest absolute Gasteiger partial charge is 0.481 e. The number of amides is 2. The molecule has 0 spiro atoms. The summed E-state index contributed by atoms with van der Waals surface area (Å²) in [6.45, 7) is 5.79. The molecular formula is C16H24N2O5. The van der Waals surface area contributed by atoms with Gasteiger partial charge in [-0.25, -0.2) is 0 Å². The maximum Gasteiger partial charge on any atom is 0.306 e. The molecule has 23 heavy (non-hydrogen) atoms. The SMILES string of the molecule is CC(C)CC[C@H](C(=O)O)[C@H](C)CC(=O)NNC(=O)c1ccco1. The Balaban J connectivity index is 2.44. The van der Waals surface area contributed by atoms with E-state index in [-0.39, 0.29) is 18.1 Å². The van der Waals surface area contributed by atoms with Gasteiger partial charge in [0.1, 0.15) is 0 Å². The lowest BCUT2D eigenvalue weighted by Gasteiger charge is -2.20. The van der Waals surface area contributed by atoms with Crippen LogP contribution in [0.15, 0.2) is 22.8 Å². The summed E-state index contributed by atoms with van der Waals surface area (Å²) >= 11 is 0. The third-order valence-corrected chi connectivity index (χ3v) is 3.63. The summed E-state index contributed by atoms with van der Waals surface area (Å²) < 4.78 is 4.89. The third kappa shape index (κ3) is 6.54. The van der Waals surface area contributed by atoms with E-state index in [0.29, 0.717) is 12.3 Å². The summed E-state index contributed by atoms with van der Waals surface area (Å²) in [6.07, 6.45) is 2.69. The lowest BCUT2D eigenvalue weighted by Crippen LogP contribution is -2.42. The molecule has 0 aliphatic carbocycles. The molecular weight excluding hydrogens is 300 g/mol. The second kappa shape index (κ2) is 8.97. The maximum absolute atomic E-state index is 11.8. The number of carboxylic acids is 1. The van der Waals surface area contributed by atoms with E-state index in [9.17, 15) is 19.5 Å². The molecule has 0 aliphatic heterocycles. The fraction of sp³-hybridized carbons (Fsp3) is 0.562. The smallest absolute Gasteiger partial charge is 0.306 e. The highest BCUT2D eigenvalue weighted by atomic mass is 16.4. The molecule has 0 bridgehead atoms. The van der Waals surface area contributed by atoms with Crippen LogP contribution in [0, 0.1) is 17.8 Å². The van der Waals surface area contributed by atoms with Crippen LogP contribution in [0.25, 0.3) is 0 Å². The van der Waals surface area contributed by atoms with Crippen molar-refractivity contribution in [3.63, 3.8) is 0 Å². The Morgan fingerprint density at radius 3 is 2.39 bits per heavy atom. The molecule has 1 rings (SSSR count). The van der Waals surface area contributed by atoms with Crippen LogP contribution in [0.3, 0.4) is 0 Å². The molecule has 0 fully saturated rings. The second-order valence-electron chi connectivity index (χ2n) is 6.08. The Labute approximate surface area is 135 Å². The normalized spacial score (nSPS) is 13.4. The number of carbonyl (C=O) groups is 3. The van der Waals surface area contributed by atoms with E-state index in [2.05, 4.69) is 10.9 Å². The van der Waals surface area contributed by atoms with Gasteiger partial charge in [0.2, 0.25) is 5.91 Å². The first kappa shape index (κ1) is 18.7. The Morgan fingerprint density at radius 1 is 1.17 bits per heavy atom. The van der Waals surface area contributed by atoms with Gasteiger partial charge in [-0.2, -0.15) is 0 Å². The first-order valence-corrected chi connectivity index (χ1v) is 7.66. The van der Waals surface area contributed by atoms with Gasteiger partial charge in [0.05, 0.1) is 12.2 Å². The average molecular weight is 324 g/mol. The molecule has 0 saturated carbocycles. The highest BCUT2D eigenvalue weighted by molar-refractivity contribution is 5.92. The number of carboxylic acid groups (broad SMARTS) is 1. The average Bonchev–Trinajstić information content (AvgIpc) is 2.98. The number of nitrogens with one attached hydrogen (secondary N) is 2. The predicted octanol–water partition coefficient (Wildman–Crippen LogP) is 2.20. The molecule has 0 saturated heterocycles. The minimum Gasteiger partial charge on any atom is -0.481 e. The standard InChI is InChI=1S/C16H24N2O5/c1-10(2)6-7-12(16(21)22)11(3)9-14(19)17-18-15(20)13-5-4-8-23-13/h4-5,8,10-12H,6-7,9H2,1-3H3,(H,17,19)(H,18,20)(H,21,22)/t11-,12+/m1/s1. The van der Waals surface area contributed by atoms with Gasteiger partial charge < -0.3 is 9.52 Å². The van der Waals surface area contributed by atoms with Crippen molar-refractivity contribution >= 4 is 17.8 Å². The molecule has 0 radical (unpaired) electrons. The number of rotatable bonds is 8. The highest BCUT2D eigenvalue weighted by Crippen LogP contribution is 2.23. The van der Waals surface area contributed by atoms with Crippen LogP contribution in [0.1, 0.15) is 50.6 Å². The number of hydrogen-bond donors (Lipinski definition) is 3. The van der Waals surface area contributed by atoms with Gasteiger partial charge in [0.25, 0.3) is 0 Å². The molecule has 7 nitrogen and oxygen atoms in total. The van der Waals surface area contributed by atoms with E-state index in [1.165, 1.54) is 12.3 Å². The van der Waals surface area contributed by atoms with Crippen LogP contribution < -0.4 is 10.9 Å². The molecule has 2 atom stereocenters. The number of aliphatic carboxylic acids is 1. The summed E-state index contributed by atoms with van der Waals surface area (Å²) in [7, 11) is 0. The van der Waals surface area contributed by atoms with Crippen LogP contribution in [0.4, 0.5) is 0 Å². The fourth-order valence-corrected chi connectivity index (χ4v) is 2.25. The first-order valence-electron chi connectivity index (χ1n) is 7.66. The summed E-state index contributed by atoms with van der Waals surface area (Å²) in [6, 6.07) is 3.03. The molecule has 0 aliphatic rings. The Kier molecular flexibility index (Phi) is 7.31. The van der Waals surface area contributed by atoms with Gasteiger partial charge >= 0.3 is 11.9 Å². The quantitative estimate of drug-likeness (QED) is 0.635. The minimum absolute atomic E-state index is 0.0213. The van der Waals surface area contributed by atoms with Gasteiger partial charge in [0.15, 0.2) is 5.76 Å². The second-order valence-corrected chi connectivity index (χ2v) is 6.08. The summed E-state index contributed by atoms with van der Waals surface area (Å²) in [5.74, 6) is -2.32. The van der Waals surface area contributed by atoms with Crippen molar-refractivity contribution in [1.82, 2.24) is 10.9 Å². The minimum atomic E-state index is -0.898. The number of hydrazine groups is 1. The molecule has 0 unspecified atom stereocenters. The monoisotopic (exact) mass is 324 g/mol. The van der Waals surface area contributed by atoms with Crippen molar-refractivity contribution in [2.75, 3.05) is 0 Å². The molecule has 0 aromatic carbocycles. The highest BCUT2D eigenvalue weighted by Gasteiger charge is 2.26. The topological polar surface area (TPSA) is 109 Å². The van der Waals surface area contributed by atoms with Crippen molar-refractivity contribution in [3.8, 4) is 0 Å². The molecule has 1 aromatic rings. The third-order valence-electron chi connectivity index (χ3n) is 3.63. The summed E-state index contributed by atoms with van der Waals surface area (Å²) in [5.41, 5.74) is 4.50. The summed E-state index contributed by atoms with van der Waals surface area (Å²) in [5, 5.41) is 9.30. The van der Waals surface area contributed by atoms with Gasteiger partial charge in [-0.3, -0.25) is 25.2 Å². The van der Waals surface area contributed by atoms with Crippen molar-refractivity contribution in [3.05, 3.63) is 24.2 Å². The van der Waals surface area contributed by atoms with Crippen molar-refractivity contribution in [2.24, 2.45) is 17.8 Å². The lowest BCUT2D eigenvalue weighted by atomic mass is 9.85. The van der Waals surface area contributed by atoms with E-state index in [0.717, 1.165) is 6.42 Å². The lowest BCUT2D eigenvalue weighted by molar-refractivity contribution is -0.144. The van der Waals surface area contributed by atoms with E-state index >= 15 is 0 Å². The zero-order valence-corrected chi connectivity index (χ0v) is 13.7. The van der Waals surface area contributed by atoms with E-state index < -0.39 is 23.7 Å². The van der Waals surface area contributed by atoms with E-state index in [1.807, 2.05) is 13.8 Å². The van der Waals surface area contributed by atoms with Crippen LogP contribution in [0.5, 0.6) is 0 Å². The van der Waals surface area contributed by atoms with Crippen LogP contribution in [0.2, 0.25) is 0 Å². The van der Waals surface area contributed by atoms with Crippen LogP contribution in [-0.2, 0) is 9.59 Å². The number of hydrogen-bond acceptors (Lipinski definition) is 4. The summed E-state index contributed by atoms with van der Waals surface area (Å²) in [4.78, 5) is 34.8. The molecule has 1 heterocycles. The maximum atomic E-state index is 11.8.